The van der Waals surface area contributed by atoms with Gasteiger partial charge < -0.3 is 24.6 Å². The molecule has 9 nitrogen and oxygen atoms in total. The van der Waals surface area contributed by atoms with Crippen molar-refractivity contribution >= 4 is 17.8 Å². The normalized spacial score (nSPS) is 18.0. The summed E-state index contributed by atoms with van der Waals surface area (Å²) < 4.78 is 16.0. The van der Waals surface area contributed by atoms with Crippen LogP contribution in [0.1, 0.15) is 39.2 Å². The van der Waals surface area contributed by atoms with Gasteiger partial charge in [-0.25, -0.2) is 4.79 Å². The van der Waals surface area contributed by atoms with Crippen LogP contribution in [0.2, 0.25) is 0 Å². The summed E-state index contributed by atoms with van der Waals surface area (Å²) >= 11 is 0. The summed E-state index contributed by atoms with van der Waals surface area (Å²) in [5, 5.41) is 15.0. The zero-order valence-corrected chi connectivity index (χ0v) is 18.3. The average molecular weight is 437 g/mol. The highest BCUT2D eigenvalue weighted by Crippen LogP contribution is 2.24. The zero-order chi connectivity index (χ0) is 22.9. The number of amides is 1. The van der Waals surface area contributed by atoms with Gasteiger partial charge >= 0.3 is 11.9 Å². The second-order valence-corrected chi connectivity index (χ2v) is 7.65. The summed E-state index contributed by atoms with van der Waals surface area (Å²) in [7, 11) is 0. The van der Waals surface area contributed by atoms with Gasteiger partial charge in [-0.15, -0.1) is 0 Å². The Balaban J connectivity index is 1.97. The standard InChI is InChI=1S/C22H32N2O7/c1-4-29-21(28)17(11-10-16-8-6-5-7-9-16)23-15(2)19(25)24-18(20(26)27)14-22(3)30-12-13-31-22/h5-9,15,17-18,23H,4,10-14H2,1-3H3,(H,24,25)(H,26,27)/t15-,17?,18-/m0/s1. The molecule has 3 N–H and O–H groups in total. The highest BCUT2D eigenvalue weighted by Gasteiger charge is 2.38. The third-order valence-corrected chi connectivity index (χ3v) is 5.07. The van der Waals surface area contributed by atoms with E-state index in [0.29, 0.717) is 26.1 Å². The lowest BCUT2D eigenvalue weighted by molar-refractivity contribution is -0.164. The Morgan fingerprint density at radius 2 is 1.81 bits per heavy atom. The number of benzene rings is 1. The molecule has 1 heterocycles. The Hall–Kier alpha value is -2.49. The van der Waals surface area contributed by atoms with Gasteiger partial charge in [-0.1, -0.05) is 30.3 Å². The fourth-order valence-corrected chi connectivity index (χ4v) is 3.39. The molecule has 2 rings (SSSR count). The average Bonchev–Trinajstić information content (AvgIpc) is 3.17. The van der Waals surface area contributed by atoms with Crippen LogP contribution in [-0.4, -0.2) is 66.7 Å². The molecular formula is C22H32N2O7. The number of esters is 1. The van der Waals surface area contributed by atoms with E-state index in [0.717, 1.165) is 5.56 Å². The summed E-state index contributed by atoms with van der Waals surface area (Å²) in [5.74, 6) is -3.24. The maximum atomic E-state index is 12.7. The Labute approximate surface area is 182 Å². The lowest BCUT2D eigenvalue weighted by Crippen LogP contribution is -2.54. The molecule has 1 aromatic rings. The van der Waals surface area contributed by atoms with Crippen molar-refractivity contribution in [3.63, 3.8) is 0 Å². The van der Waals surface area contributed by atoms with E-state index in [1.165, 1.54) is 0 Å². The van der Waals surface area contributed by atoms with Gasteiger partial charge in [-0.05, 0) is 39.2 Å². The quantitative estimate of drug-likeness (QED) is 0.419. The fraction of sp³-hybridized carbons (Fsp3) is 0.591. The molecule has 1 unspecified atom stereocenters. The highest BCUT2D eigenvalue weighted by atomic mass is 16.7. The number of hydrogen-bond donors (Lipinski definition) is 3. The van der Waals surface area contributed by atoms with Crippen LogP contribution in [0.15, 0.2) is 30.3 Å². The Morgan fingerprint density at radius 1 is 1.16 bits per heavy atom. The van der Waals surface area contributed by atoms with Crippen molar-refractivity contribution in [3.05, 3.63) is 35.9 Å². The smallest absolute Gasteiger partial charge is 0.326 e. The van der Waals surface area contributed by atoms with Crippen LogP contribution in [-0.2, 0) is 35.0 Å². The summed E-state index contributed by atoms with van der Waals surface area (Å²) in [6, 6.07) is 6.97. The minimum atomic E-state index is -1.19. The fourth-order valence-electron chi connectivity index (χ4n) is 3.39. The maximum Gasteiger partial charge on any atom is 0.326 e. The molecule has 0 spiro atoms. The number of aryl methyl sites for hydroxylation is 1. The molecule has 1 aliphatic rings. The van der Waals surface area contributed by atoms with Crippen LogP contribution in [0, 0.1) is 0 Å². The second-order valence-electron chi connectivity index (χ2n) is 7.65. The number of carbonyl (C=O) groups is 3. The summed E-state index contributed by atoms with van der Waals surface area (Å²) in [4.78, 5) is 36.7. The van der Waals surface area contributed by atoms with Crippen molar-refractivity contribution in [1.29, 1.82) is 0 Å². The van der Waals surface area contributed by atoms with Crippen LogP contribution in [0.4, 0.5) is 0 Å². The molecule has 9 heteroatoms. The largest absolute Gasteiger partial charge is 0.480 e. The van der Waals surface area contributed by atoms with Gasteiger partial charge in [-0.2, -0.15) is 0 Å². The van der Waals surface area contributed by atoms with Gasteiger partial charge in [0.25, 0.3) is 0 Å². The van der Waals surface area contributed by atoms with Crippen molar-refractivity contribution in [3.8, 4) is 0 Å². The first-order valence-corrected chi connectivity index (χ1v) is 10.5. The number of rotatable bonds is 12. The predicted octanol–water partition coefficient (Wildman–Crippen LogP) is 1.25. The number of carboxylic acids is 1. The van der Waals surface area contributed by atoms with E-state index in [1.54, 1.807) is 20.8 Å². The van der Waals surface area contributed by atoms with Gasteiger partial charge in [0, 0.05) is 6.42 Å². The van der Waals surface area contributed by atoms with E-state index in [9.17, 15) is 19.5 Å². The van der Waals surface area contributed by atoms with E-state index in [-0.39, 0.29) is 13.0 Å². The molecule has 0 bridgehead atoms. The molecule has 31 heavy (non-hydrogen) atoms. The third-order valence-electron chi connectivity index (χ3n) is 5.07. The minimum absolute atomic E-state index is 0.0316. The van der Waals surface area contributed by atoms with Gasteiger partial charge in [0.1, 0.15) is 12.1 Å². The van der Waals surface area contributed by atoms with Crippen LogP contribution < -0.4 is 10.6 Å². The van der Waals surface area contributed by atoms with Crippen LogP contribution >= 0.6 is 0 Å². The van der Waals surface area contributed by atoms with Gasteiger partial charge in [0.15, 0.2) is 5.79 Å². The molecule has 172 valence electrons. The van der Waals surface area contributed by atoms with E-state index in [4.69, 9.17) is 14.2 Å². The van der Waals surface area contributed by atoms with Gasteiger partial charge in [-0.3, -0.25) is 14.9 Å². The van der Waals surface area contributed by atoms with Crippen molar-refractivity contribution in [2.24, 2.45) is 0 Å². The van der Waals surface area contributed by atoms with Crippen molar-refractivity contribution in [1.82, 2.24) is 10.6 Å². The number of carboxylic acid groups (broad SMARTS) is 1. The Kier molecular flexibility index (Phi) is 9.42. The Morgan fingerprint density at radius 3 is 2.39 bits per heavy atom. The third kappa shape index (κ3) is 7.93. The number of aliphatic carboxylic acids is 1. The van der Waals surface area contributed by atoms with Crippen LogP contribution in [0.25, 0.3) is 0 Å². The van der Waals surface area contributed by atoms with Crippen molar-refractivity contribution in [2.75, 3.05) is 19.8 Å². The molecular weight excluding hydrogens is 404 g/mol. The van der Waals surface area contributed by atoms with Gasteiger partial charge in [0.2, 0.25) is 5.91 Å². The molecule has 1 aromatic carbocycles. The maximum absolute atomic E-state index is 12.7. The molecule has 1 saturated heterocycles. The second kappa shape index (κ2) is 11.8. The van der Waals surface area contributed by atoms with E-state index in [1.807, 2.05) is 30.3 Å². The Bertz CT molecular complexity index is 735. The van der Waals surface area contributed by atoms with E-state index >= 15 is 0 Å². The number of carbonyl (C=O) groups excluding carboxylic acids is 2. The van der Waals surface area contributed by atoms with E-state index < -0.39 is 41.8 Å². The molecule has 1 aliphatic heterocycles. The molecule has 1 amide bonds. The van der Waals surface area contributed by atoms with Crippen LogP contribution in [0.5, 0.6) is 0 Å². The lowest BCUT2D eigenvalue weighted by atomic mass is 10.0. The highest BCUT2D eigenvalue weighted by molar-refractivity contribution is 5.87. The molecule has 1 fully saturated rings. The molecule has 0 aliphatic carbocycles. The molecule has 0 aromatic heterocycles. The topological polar surface area (TPSA) is 123 Å². The minimum Gasteiger partial charge on any atom is -0.480 e. The predicted molar refractivity (Wildman–Crippen MR) is 112 cm³/mol. The number of nitrogens with one attached hydrogen (secondary N) is 2. The molecule has 3 atom stereocenters. The van der Waals surface area contributed by atoms with Gasteiger partial charge in [0.05, 0.1) is 25.9 Å². The molecule has 0 radical (unpaired) electrons. The summed E-state index contributed by atoms with van der Waals surface area (Å²) in [5.41, 5.74) is 1.06. The first-order valence-electron chi connectivity index (χ1n) is 10.5. The SMILES string of the molecule is CCOC(=O)C(CCc1ccccc1)N[C@@H](C)C(=O)N[C@@H](CC1(C)OCCO1)C(=O)O. The number of ether oxygens (including phenoxy) is 3. The lowest BCUT2D eigenvalue weighted by Gasteiger charge is -2.28. The van der Waals surface area contributed by atoms with Crippen molar-refractivity contribution < 1.29 is 33.7 Å². The monoisotopic (exact) mass is 436 g/mol. The summed E-state index contributed by atoms with van der Waals surface area (Å²) in [6.07, 6.45) is 1.02. The zero-order valence-electron chi connectivity index (χ0n) is 18.3. The van der Waals surface area contributed by atoms with Crippen molar-refractivity contribution in [2.45, 2.75) is 63.9 Å². The summed E-state index contributed by atoms with van der Waals surface area (Å²) in [6.45, 7) is 5.91. The molecule has 0 saturated carbocycles. The van der Waals surface area contributed by atoms with E-state index in [2.05, 4.69) is 10.6 Å². The first kappa shape index (κ1) is 24.8. The number of hydrogen-bond acceptors (Lipinski definition) is 7. The van der Waals surface area contributed by atoms with Crippen LogP contribution in [0.3, 0.4) is 0 Å². The first-order chi connectivity index (χ1) is 14.7.